The average molecular weight is 330 g/mol. The number of aromatic nitrogens is 2. The molecule has 0 aliphatic carbocycles. The van der Waals surface area contributed by atoms with E-state index in [1.807, 2.05) is 24.9 Å². The van der Waals surface area contributed by atoms with Crippen LogP contribution in [0.4, 0.5) is 0 Å². The molecule has 6 heteroatoms. The van der Waals surface area contributed by atoms with Gasteiger partial charge >= 0.3 is 0 Å². The van der Waals surface area contributed by atoms with E-state index in [-0.39, 0.29) is 11.8 Å². The number of nitrogens with zero attached hydrogens (tertiary/aromatic N) is 3. The van der Waals surface area contributed by atoms with Crippen molar-refractivity contribution < 1.29 is 9.32 Å². The van der Waals surface area contributed by atoms with Crippen LogP contribution in [0.3, 0.4) is 0 Å². The van der Waals surface area contributed by atoms with E-state index in [0.717, 1.165) is 49.2 Å². The van der Waals surface area contributed by atoms with Crippen LogP contribution in [0.15, 0.2) is 10.6 Å². The van der Waals surface area contributed by atoms with E-state index in [4.69, 9.17) is 4.52 Å². The molecule has 0 radical (unpaired) electrons. The van der Waals surface area contributed by atoms with E-state index in [1.165, 1.54) is 0 Å². The lowest BCUT2D eigenvalue weighted by atomic mass is 9.95. The molecule has 0 bridgehead atoms. The van der Waals surface area contributed by atoms with Gasteiger partial charge in [0.05, 0.1) is 16.6 Å². The summed E-state index contributed by atoms with van der Waals surface area (Å²) < 4.78 is 5.33. The Kier molecular flexibility index (Phi) is 4.85. The maximum atomic E-state index is 13.1. The van der Waals surface area contributed by atoms with Gasteiger partial charge in [-0.05, 0) is 51.3 Å². The Labute approximate surface area is 142 Å². The highest BCUT2D eigenvalue weighted by atomic mass is 16.5. The highest BCUT2D eigenvalue weighted by Gasteiger charge is 2.27. The van der Waals surface area contributed by atoms with Crippen molar-refractivity contribution in [3.05, 3.63) is 23.0 Å². The number of amides is 1. The second-order valence-corrected chi connectivity index (χ2v) is 6.99. The molecule has 0 unspecified atom stereocenters. The molecule has 0 spiro atoms. The zero-order valence-corrected chi connectivity index (χ0v) is 14.9. The van der Waals surface area contributed by atoms with Gasteiger partial charge < -0.3 is 14.7 Å². The topological polar surface area (TPSA) is 71.3 Å². The zero-order chi connectivity index (χ0) is 17.3. The van der Waals surface area contributed by atoms with Crippen LogP contribution in [-0.2, 0) is 0 Å². The normalized spacial score (nSPS) is 16.3. The minimum Gasteiger partial charge on any atom is -0.339 e. The quantitative estimate of drug-likeness (QED) is 0.933. The molecule has 0 aromatic carbocycles. The molecule has 24 heavy (non-hydrogen) atoms. The van der Waals surface area contributed by atoms with Crippen LogP contribution in [0.2, 0.25) is 0 Å². The molecule has 0 atom stereocenters. The molecular weight excluding hydrogens is 304 g/mol. The standard InChI is InChI=1S/C18H26N4O2/c1-11(2)15-9-14(16-12(3)21-24-17(16)20-15)18(23)22-7-5-13(6-8-22)10-19-4/h9,11,13,19H,5-8,10H2,1-4H3. The molecule has 130 valence electrons. The van der Waals surface area contributed by atoms with E-state index in [1.54, 1.807) is 0 Å². The van der Waals surface area contributed by atoms with Gasteiger partial charge in [0, 0.05) is 18.8 Å². The number of rotatable bonds is 4. The van der Waals surface area contributed by atoms with Crippen molar-refractivity contribution in [1.82, 2.24) is 20.4 Å². The third kappa shape index (κ3) is 3.15. The number of fused-ring (bicyclic) bond motifs is 1. The van der Waals surface area contributed by atoms with Crippen molar-refractivity contribution in [2.24, 2.45) is 5.92 Å². The van der Waals surface area contributed by atoms with Gasteiger partial charge in [-0.2, -0.15) is 0 Å². The SMILES string of the molecule is CNCC1CCN(C(=O)c2cc(C(C)C)nc3onc(C)c23)CC1. The van der Waals surface area contributed by atoms with E-state index < -0.39 is 0 Å². The van der Waals surface area contributed by atoms with Crippen molar-refractivity contribution in [2.75, 3.05) is 26.7 Å². The van der Waals surface area contributed by atoms with E-state index >= 15 is 0 Å². The molecule has 1 fully saturated rings. The van der Waals surface area contributed by atoms with E-state index in [0.29, 0.717) is 17.2 Å². The first-order valence-electron chi connectivity index (χ1n) is 8.72. The molecule has 6 nitrogen and oxygen atoms in total. The first-order chi connectivity index (χ1) is 11.5. The smallest absolute Gasteiger partial charge is 0.259 e. The molecule has 3 heterocycles. The first-order valence-corrected chi connectivity index (χ1v) is 8.72. The van der Waals surface area contributed by atoms with Gasteiger partial charge in [-0.15, -0.1) is 0 Å². The molecule has 3 rings (SSSR count). The van der Waals surface area contributed by atoms with Crippen molar-refractivity contribution in [3.8, 4) is 0 Å². The highest BCUT2D eigenvalue weighted by molar-refractivity contribution is 6.06. The van der Waals surface area contributed by atoms with Gasteiger partial charge in [0.25, 0.3) is 11.6 Å². The number of piperidine rings is 1. The van der Waals surface area contributed by atoms with Crippen LogP contribution in [-0.4, -0.2) is 47.6 Å². The van der Waals surface area contributed by atoms with Gasteiger partial charge in [-0.3, -0.25) is 4.79 Å². The zero-order valence-electron chi connectivity index (χ0n) is 14.9. The molecule has 1 aliphatic heterocycles. The van der Waals surface area contributed by atoms with Gasteiger partial charge in [0.15, 0.2) is 0 Å². The van der Waals surface area contributed by atoms with Crippen LogP contribution in [0.1, 0.15) is 54.4 Å². The molecule has 1 aliphatic rings. The van der Waals surface area contributed by atoms with E-state index in [2.05, 4.69) is 29.3 Å². The lowest BCUT2D eigenvalue weighted by molar-refractivity contribution is 0.0692. The average Bonchev–Trinajstić information content (AvgIpc) is 2.96. The fourth-order valence-electron chi connectivity index (χ4n) is 3.38. The molecule has 2 aromatic rings. The Morgan fingerprint density at radius 3 is 2.75 bits per heavy atom. The van der Waals surface area contributed by atoms with Crippen molar-refractivity contribution in [2.45, 2.75) is 39.5 Å². The number of likely N-dealkylation sites (tertiary alicyclic amines) is 1. The Bertz CT molecular complexity index is 730. The number of carbonyl (C=O) groups is 1. The third-order valence-corrected chi connectivity index (χ3v) is 4.85. The Morgan fingerprint density at radius 1 is 1.42 bits per heavy atom. The number of hydrogen-bond donors (Lipinski definition) is 1. The molecule has 1 saturated heterocycles. The number of pyridine rings is 1. The van der Waals surface area contributed by atoms with Crippen molar-refractivity contribution >= 4 is 17.0 Å². The summed E-state index contributed by atoms with van der Waals surface area (Å²) in [5, 5.41) is 7.98. The van der Waals surface area contributed by atoms with Gasteiger partial charge in [-0.1, -0.05) is 19.0 Å². The highest BCUT2D eigenvalue weighted by Crippen LogP contribution is 2.27. The maximum absolute atomic E-state index is 13.1. The Hall–Kier alpha value is -1.95. The fraction of sp³-hybridized carbons (Fsp3) is 0.611. The number of nitrogens with one attached hydrogen (secondary N) is 1. The minimum atomic E-state index is 0.0681. The predicted octanol–water partition coefficient (Wildman–Crippen LogP) is 2.73. The monoisotopic (exact) mass is 330 g/mol. The van der Waals surface area contributed by atoms with Crippen LogP contribution in [0.5, 0.6) is 0 Å². The summed E-state index contributed by atoms with van der Waals surface area (Å²) in [7, 11) is 1.98. The third-order valence-electron chi connectivity index (χ3n) is 4.85. The lowest BCUT2D eigenvalue weighted by Crippen LogP contribution is -2.40. The summed E-state index contributed by atoms with van der Waals surface area (Å²) in [5.41, 5.74) is 2.73. The van der Waals surface area contributed by atoms with Crippen LogP contribution in [0, 0.1) is 12.8 Å². The molecule has 1 amide bonds. The summed E-state index contributed by atoms with van der Waals surface area (Å²) in [4.78, 5) is 19.6. The Balaban J connectivity index is 1.90. The second-order valence-electron chi connectivity index (χ2n) is 6.99. The summed E-state index contributed by atoms with van der Waals surface area (Å²) in [6.45, 7) is 8.61. The van der Waals surface area contributed by atoms with Crippen molar-refractivity contribution in [1.29, 1.82) is 0 Å². The fourth-order valence-corrected chi connectivity index (χ4v) is 3.38. The predicted molar refractivity (Wildman–Crippen MR) is 93.2 cm³/mol. The van der Waals surface area contributed by atoms with Crippen LogP contribution in [0.25, 0.3) is 11.1 Å². The lowest BCUT2D eigenvalue weighted by Gasteiger charge is -2.32. The Morgan fingerprint density at radius 2 is 2.12 bits per heavy atom. The van der Waals surface area contributed by atoms with E-state index in [9.17, 15) is 4.79 Å². The summed E-state index contributed by atoms with van der Waals surface area (Å²) >= 11 is 0. The number of hydrogen-bond acceptors (Lipinski definition) is 5. The number of carbonyl (C=O) groups excluding carboxylic acids is 1. The van der Waals surface area contributed by atoms with Gasteiger partial charge in [0.1, 0.15) is 0 Å². The second kappa shape index (κ2) is 6.89. The van der Waals surface area contributed by atoms with Crippen LogP contribution < -0.4 is 5.32 Å². The summed E-state index contributed by atoms with van der Waals surface area (Å²) in [5.74, 6) is 0.950. The molecule has 0 saturated carbocycles. The molecule has 1 N–H and O–H groups in total. The van der Waals surface area contributed by atoms with Gasteiger partial charge in [0.2, 0.25) is 0 Å². The summed E-state index contributed by atoms with van der Waals surface area (Å²) in [6.07, 6.45) is 2.08. The molecular formula is C18H26N4O2. The number of aryl methyl sites for hydroxylation is 1. The summed E-state index contributed by atoms with van der Waals surface area (Å²) in [6, 6.07) is 1.92. The first kappa shape index (κ1) is 16.9. The minimum absolute atomic E-state index is 0.0681. The van der Waals surface area contributed by atoms with Crippen molar-refractivity contribution in [3.63, 3.8) is 0 Å². The maximum Gasteiger partial charge on any atom is 0.259 e. The van der Waals surface area contributed by atoms with Crippen LogP contribution >= 0.6 is 0 Å². The molecule has 2 aromatic heterocycles. The largest absolute Gasteiger partial charge is 0.339 e. The van der Waals surface area contributed by atoms with Gasteiger partial charge in [-0.25, -0.2) is 4.98 Å².